The molecule has 0 amide bonds. The van der Waals surface area contributed by atoms with Crippen molar-refractivity contribution in [1.29, 1.82) is 0 Å². The Morgan fingerprint density at radius 2 is 2.17 bits per heavy atom. The van der Waals surface area contributed by atoms with E-state index in [4.69, 9.17) is 5.11 Å². The van der Waals surface area contributed by atoms with Crippen molar-refractivity contribution in [3.63, 3.8) is 0 Å². The number of rotatable bonds is 2. The Bertz CT molecular complexity index is 305. The molecule has 0 aliphatic carbocycles. The third-order valence-electron chi connectivity index (χ3n) is 1.83. The van der Waals surface area contributed by atoms with Crippen LogP contribution in [0.5, 0.6) is 5.75 Å². The highest BCUT2D eigenvalue weighted by atomic mass is 16.3. The summed E-state index contributed by atoms with van der Waals surface area (Å²) in [5, 5.41) is 18.2. The Balaban J connectivity index is 3.33. The van der Waals surface area contributed by atoms with E-state index in [1.807, 2.05) is 0 Å². The molecule has 0 saturated heterocycles. The van der Waals surface area contributed by atoms with Gasteiger partial charge in [-0.15, -0.1) is 0 Å². The summed E-state index contributed by atoms with van der Waals surface area (Å²) in [6, 6.07) is 3.21. The third kappa shape index (κ3) is 1.31. The minimum Gasteiger partial charge on any atom is -0.507 e. The lowest BCUT2D eigenvalue weighted by Gasteiger charge is -2.06. The standard InChI is InChI=1S/C9H10O3/c1-6-2-3-7(4-10)9(12)8(6)5-11/h2-4,11-12H,5H2,1H3. The monoisotopic (exact) mass is 166 g/mol. The number of aromatic hydroxyl groups is 1. The van der Waals surface area contributed by atoms with Crippen LogP contribution in [0.15, 0.2) is 12.1 Å². The fourth-order valence-corrected chi connectivity index (χ4v) is 1.05. The normalized spacial score (nSPS) is 9.83. The van der Waals surface area contributed by atoms with Gasteiger partial charge < -0.3 is 10.2 Å². The van der Waals surface area contributed by atoms with E-state index in [-0.39, 0.29) is 17.9 Å². The molecule has 0 radical (unpaired) electrons. The number of phenols is 1. The Labute approximate surface area is 70.3 Å². The summed E-state index contributed by atoms with van der Waals surface area (Å²) in [5.41, 5.74) is 1.41. The lowest BCUT2D eigenvalue weighted by atomic mass is 10.0. The lowest BCUT2D eigenvalue weighted by Crippen LogP contribution is -1.93. The molecule has 0 fully saturated rings. The molecule has 1 aromatic rings. The van der Waals surface area contributed by atoms with Gasteiger partial charge in [0.2, 0.25) is 0 Å². The van der Waals surface area contributed by atoms with E-state index >= 15 is 0 Å². The highest BCUT2D eigenvalue weighted by Crippen LogP contribution is 2.24. The number of carbonyl (C=O) groups excluding carboxylic acids is 1. The zero-order valence-electron chi connectivity index (χ0n) is 6.74. The average Bonchev–Trinajstić information content (AvgIpc) is 2.06. The van der Waals surface area contributed by atoms with Gasteiger partial charge in [0.1, 0.15) is 5.75 Å². The SMILES string of the molecule is Cc1ccc(C=O)c(O)c1CO. The molecule has 0 bridgehead atoms. The van der Waals surface area contributed by atoms with Crippen LogP contribution in [0.25, 0.3) is 0 Å². The molecule has 2 N–H and O–H groups in total. The van der Waals surface area contributed by atoms with Crippen LogP contribution in [0, 0.1) is 6.92 Å². The minimum absolute atomic E-state index is 0.118. The largest absolute Gasteiger partial charge is 0.507 e. The van der Waals surface area contributed by atoms with Crippen LogP contribution in [-0.4, -0.2) is 16.5 Å². The van der Waals surface area contributed by atoms with E-state index in [1.54, 1.807) is 13.0 Å². The molecule has 3 heteroatoms. The molecule has 0 aromatic heterocycles. The van der Waals surface area contributed by atoms with Crippen LogP contribution >= 0.6 is 0 Å². The van der Waals surface area contributed by atoms with Crippen molar-refractivity contribution in [2.75, 3.05) is 0 Å². The second-order valence-electron chi connectivity index (χ2n) is 2.57. The molecule has 0 aliphatic heterocycles. The Morgan fingerprint density at radius 3 is 2.67 bits per heavy atom. The van der Waals surface area contributed by atoms with Gasteiger partial charge in [0.05, 0.1) is 12.2 Å². The first-order valence-electron chi connectivity index (χ1n) is 3.58. The lowest BCUT2D eigenvalue weighted by molar-refractivity contribution is 0.112. The molecule has 0 aliphatic rings. The van der Waals surface area contributed by atoms with Gasteiger partial charge in [-0.1, -0.05) is 6.07 Å². The van der Waals surface area contributed by atoms with Crippen molar-refractivity contribution in [2.45, 2.75) is 13.5 Å². The highest BCUT2D eigenvalue weighted by molar-refractivity contribution is 5.80. The first kappa shape index (κ1) is 8.74. The summed E-state index contributed by atoms with van der Waals surface area (Å²) in [7, 11) is 0. The number of aldehydes is 1. The van der Waals surface area contributed by atoms with E-state index in [0.717, 1.165) is 5.56 Å². The van der Waals surface area contributed by atoms with E-state index in [0.29, 0.717) is 11.8 Å². The number of carbonyl (C=O) groups is 1. The first-order chi connectivity index (χ1) is 5.70. The minimum atomic E-state index is -0.251. The van der Waals surface area contributed by atoms with Gasteiger partial charge in [-0.25, -0.2) is 0 Å². The van der Waals surface area contributed by atoms with Crippen LogP contribution in [-0.2, 0) is 6.61 Å². The number of aliphatic hydroxyl groups excluding tert-OH is 1. The van der Waals surface area contributed by atoms with Crippen LogP contribution in [0.1, 0.15) is 21.5 Å². The van der Waals surface area contributed by atoms with E-state index < -0.39 is 0 Å². The summed E-state index contributed by atoms with van der Waals surface area (Å²) in [6.45, 7) is 1.51. The van der Waals surface area contributed by atoms with Gasteiger partial charge in [-0.05, 0) is 18.6 Å². The summed E-state index contributed by atoms with van der Waals surface area (Å²) < 4.78 is 0. The molecule has 3 nitrogen and oxygen atoms in total. The summed E-state index contributed by atoms with van der Waals surface area (Å²) in [4.78, 5) is 10.4. The van der Waals surface area contributed by atoms with Gasteiger partial charge in [-0.2, -0.15) is 0 Å². The van der Waals surface area contributed by atoms with Crippen molar-refractivity contribution in [3.8, 4) is 5.75 Å². The predicted molar refractivity (Wildman–Crippen MR) is 44.2 cm³/mol. The summed E-state index contributed by atoms with van der Waals surface area (Å²) in [6.07, 6.45) is 0.563. The number of benzene rings is 1. The van der Waals surface area contributed by atoms with Gasteiger partial charge >= 0.3 is 0 Å². The molecular weight excluding hydrogens is 156 g/mol. The van der Waals surface area contributed by atoms with Gasteiger partial charge in [0.25, 0.3) is 0 Å². The zero-order valence-corrected chi connectivity index (χ0v) is 6.74. The van der Waals surface area contributed by atoms with Crippen molar-refractivity contribution < 1.29 is 15.0 Å². The van der Waals surface area contributed by atoms with Crippen LogP contribution in [0.3, 0.4) is 0 Å². The second kappa shape index (κ2) is 3.36. The second-order valence-corrected chi connectivity index (χ2v) is 2.57. The zero-order chi connectivity index (χ0) is 9.14. The van der Waals surface area contributed by atoms with Crippen molar-refractivity contribution in [3.05, 3.63) is 28.8 Å². The van der Waals surface area contributed by atoms with Crippen molar-refractivity contribution in [1.82, 2.24) is 0 Å². The molecular formula is C9H10O3. The quantitative estimate of drug-likeness (QED) is 0.644. The first-order valence-corrected chi connectivity index (χ1v) is 3.58. The number of aliphatic hydroxyl groups is 1. The Kier molecular flexibility index (Phi) is 2.45. The van der Waals surface area contributed by atoms with Gasteiger partial charge in [0, 0.05) is 5.56 Å². The topological polar surface area (TPSA) is 57.5 Å². The molecule has 64 valence electrons. The molecule has 0 unspecified atom stereocenters. The highest BCUT2D eigenvalue weighted by Gasteiger charge is 2.07. The van der Waals surface area contributed by atoms with Crippen molar-refractivity contribution >= 4 is 6.29 Å². The maximum absolute atomic E-state index is 10.4. The van der Waals surface area contributed by atoms with E-state index in [1.165, 1.54) is 6.07 Å². The van der Waals surface area contributed by atoms with Crippen LogP contribution in [0.4, 0.5) is 0 Å². The smallest absolute Gasteiger partial charge is 0.153 e. The summed E-state index contributed by atoms with van der Waals surface area (Å²) >= 11 is 0. The fraction of sp³-hybridized carbons (Fsp3) is 0.222. The number of aryl methyl sites for hydroxylation is 1. The van der Waals surface area contributed by atoms with Gasteiger partial charge in [0.15, 0.2) is 6.29 Å². The summed E-state index contributed by atoms with van der Waals surface area (Å²) in [5.74, 6) is -0.118. The molecule has 1 rings (SSSR count). The maximum Gasteiger partial charge on any atom is 0.153 e. The number of hydrogen-bond donors (Lipinski definition) is 2. The van der Waals surface area contributed by atoms with Crippen LogP contribution in [0.2, 0.25) is 0 Å². The molecule has 0 spiro atoms. The molecule has 0 heterocycles. The molecule has 1 aromatic carbocycles. The van der Waals surface area contributed by atoms with Crippen LogP contribution < -0.4 is 0 Å². The van der Waals surface area contributed by atoms with E-state index in [9.17, 15) is 9.90 Å². The Morgan fingerprint density at radius 1 is 1.50 bits per heavy atom. The molecule has 0 atom stereocenters. The molecule has 0 saturated carbocycles. The average molecular weight is 166 g/mol. The third-order valence-corrected chi connectivity index (χ3v) is 1.83. The molecule has 12 heavy (non-hydrogen) atoms. The number of hydrogen-bond acceptors (Lipinski definition) is 3. The van der Waals surface area contributed by atoms with Gasteiger partial charge in [-0.3, -0.25) is 4.79 Å². The predicted octanol–water partition coefficient (Wildman–Crippen LogP) is 1.01. The fourth-order valence-electron chi connectivity index (χ4n) is 1.05. The maximum atomic E-state index is 10.4. The Hall–Kier alpha value is -1.35. The van der Waals surface area contributed by atoms with Crippen molar-refractivity contribution in [2.24, 2.45) is 0 Å². The van der Waals surface area contributed by atoms with E-state index in [2.05, 4.69) is 0 Å².